The van der Waals surface area contributed by atoms with Gasteiger partial charge in [-0.05, 0) is 43.7 Å². The third-order valence-electron chi connectivity index (χ3n) is 9.52. The lowest BCUT2D eigenvalue weighted by atomic mass is 9.70. The van der Waals surface area contributed by atoms with Crippen LogP contribution in [0, 0.1) is 11.8 Å². The molecule has 0 aliphatic carbocycles. The molecule has 0 unspecified atom stereocenters. The minimum atomic E-state index is -1.26. The van der Waals surface area contributed by atoms with Crippen LogP contribution in [0.15, 0.2) is 86.0 Å². The molecule has 3 aliphatic rings. The lowest BCUT2D eigenvalue weighted by molar-refractivity contribution is -0.160. The van der Waals surface area contributed by atoms with Gasteiger partial charge in [-0.1, -0.05) is 72.8 Å². The molecule has 2 aromatic rings. The van der Waals surface area contributed by atoms with Crippen molar-refractivity contribution < 1.29 is 33.8 Å². The van der Waals surface area contributed by atoms with Gasteiger partial charge in [0.15, 0.2) is 0 Å². The Kier molecular flexibility index (Phi) is 10.9. The Balaban J connectivity index is 1.45. The van der Waals surface area contributed by atoms with Crippen LogP contribution in [0.4, 0.5) is 0 Å². The predicted octanol–water partition coefficient (Wildman–Crippen LogP) is 3.19. The smallest absolute Gasteiger partial charge is 0.312 e. The third-order valence-corrected chi connectivity index (χ3v) is 9.52. The first-order valence-electron chi connectivity index (χ1n) is 16.4. The van der Waals surface area contributed by atoms with Crippen LogP contribution < -0.4 is 5.32 Å². The molecule has 3 heterocycles. The van der Waals surface area contributed by atoms with Gasteiger partial charge in [0.25, 0.3) is 0 Å². The SMILES string of the molecule is C=CCCC(=O)NC[C@@H](C)OC(=O)[C@@H]1[C@H]2C(=O)N([C@@H](CO)Cc3ccccc3)[C@H](C(=O)N(CC=C)Cc3ccccc3)[C@]23CC[C@H]1O3. The van der Waals surface area contributed by atoms with Crippen LogP contribution >= 0.6 is 0 Å². The normalized spacial score (nSPS) is 25.5. The fourth-order valence-electron chi connectivity index (χ4n) is 7.43. The number of allylic oxidation sites excluding steroid dienone is 1. The molecule has 1 spiro atoms. The molecule has 0 aromatic heterocycles. The number of hydrogen-bond donors (Lipinski definition) is 2. The van der Waals surface area contributed by atoms with Crippen molar-refractivity contribution >= 4 is 23.7 Å². The third kappa shape index (κ3) is 7.04. The van der Waals surface area contributed by atoms with E-state index in [1.165, 1.54) is 4.90 Å². The largest absolute Gasteiger partial charge is 0.460 e. The molecule has 3 fully saturated rings. The molecule has 2 bridgehead atoms. The highest BCUT2D eigenvalue weighted by molar-refractivity contribution is 5.98. The zero-order valence-electron chi connectivity index (χ0n) is 27.0. The maximum absolute atomic E-state index is 14.7. The van der Waals surface area contributed by atoms with Crippen molar-refractivity contribution in [3.63, 3.8) is 0 Å². The first-order chi connectivity index (χ1) is 22.7. The molecule has 2 aromatic carbocycles. The topological polar surface area (TPSA) is 125 Å². The van der Waals surface area contributed by atoms with Crippen molar-refractivity contribution in [2.45, 2.75) is 75.5 Å². The van der Waals surface area contributed by atoms with Crippen LogP contribution in [0.2, 0.25) is 0 Å². The van der Waals surface area contributed by atoms with Crippen molar-refractivity contribution in [3.05, 3.63) is 97.1 Å². The van der Waals surface area contributed by atoms with Crippen LogP contribution in [0.25, 0.3) is 0 Å². The molecule has 3 aliphatic heterocycles. The van der Waals surface area contributed by atoms with Crippen molar-refractivity contribution in [2.24, 2.45) is 11.8 Å². The Bertz CT molecular complexity index is 1450. The fourth-order valence-corrected chi connectivity index (χ4v) is 7.43. The summed E-state index contributed by atoms with van der Waals surface area (Å²) in [6.07, 6.45) is 4.11. The van der Waals surface area contributed by atoms with E-state index in [2.05, 4.69) is 18.5 Å². The average Bonchev–Trinajstić information content (AvgIpc) is 3.73. The van der Waals surface area contributed by atoms with Gasteiger partial charge in [0.2, 0.25) is 17.7 Å². The van der Waals surface area contributed by atoms with Gasteiger partial charge in [0, 0.05) is 19.5 Å². The van der Waals surface area contributed by atoms with Gasteiger partial charge in [-0.3, -0.25) is 19.2 Å². The quantitative estimate of drug-likeness (QED) is 0.213. The monoisotopic (exact) mass is 643 g/mol. The van der Waals surface area contributed by atoms with Crippen LogP contribution in [-0.4, -0.2) is 88.2 Å². The lowest BCUT2D eigenvalue weighted by Crippen LogP contribution is -2.59. The van der Waals surface area contributed by atoms with Crippen LogP contribution in [0.3, 0.4) is 0 Å². The van der Waals surface area contributed by atoms with E-state index in [0.29, 0.717) is 32.2 Å². The van der Waals surface area contributed by atoms with Crippen molar-refractivity contribution in [1.29, 1.82) is 0 Å². The Morgan fingerprint density at radius 2 is 1.79 bits per heavy atom. The van der Waals surface area contributed by atoms with E-state index in [4.69, 9.17) is 9.47 Å². The Morgan fingerprint density at radius 1 is 1.11 bits per heavy atom. The summed E-state index contributed by atoms with van der Waals surface area (Å²) < 4.78 is 12.4. The number of esters is 1. The molecule has 7 atom stereocenters. The van der Waals surface area contributed by atoms with E-state index in [1.807, 2.05) is 60.7 Å². The number of fused-ring (bicyclic) bond motifs is 1. The van der Waals surface area contributed by atoms with E-state index < -0.39 is 53.6 Å². The van der Waals surface area contributed by atoms with Crippen LogP contribution in [-0.2, 0) is 41.6 Å². The van der Waals surface area contributed by atoms with Crippen molar-refractivity contribution in [2.75, 3.05) is 19.7 Å². The second-order valence-electron chi connectivity index (χ2n) is 12.7. The molecular weight excluding hydrogens is 598 g/mol. The second-order valence-corrected chi connectivity index (χ2v) is 12.7. The molecule has 47 heavy (non-hydrogen) atoms. The fraction of sp³-hybridized carbons (Fsp3) is 0.459. The molecular formula is C37H45N3O7. The summed E-state index contributed by atoms with van der Waals surface area (Å²) in [7, 11) is 0. The number of nitrogens with zero attached hydrogens (tertiary/aromatic N) is 2. The van der Waals surface area contributed by atoms with E-state index in [-0.39, 0.29) is 37.9 Å². The highest BCUT2D eigenvalue weighted by atomic mass is 16.6. The molecule has 2 N–H and O–H groups in total. The standard InChI is InChI=1S/C37H45N3O7/c1-4-6-17-30(42)38-22-25(3)46-36(45)31-29-18-19-37(47-29)32(31)34(43)40(28(24-41)21-26-13-9-7-10-14-26)33(37)35(44)39(20-5-2)23-27-15-11-8-12-16-27/h4-5,7-16,25,28-29,31-33,41H,1-2,6,17-24H2,3H3,(H,38,42)/t25-,28-,29-,31+,32+,33-,37+/m1/s1. The van der Waals surface area contributed by atoms with E-state index >= 15 is 0 Å². The van der Waals surface area contributed by atoms with E-state index in [1.54, 1.807) is 24.0 Å². The number of aliphatic hydroxyl groups excluding tert-OH is 1. The van der Waals surface area contributed by atoms with Crippen LogP contribution in [0.1, 0.15) is 43.7 Å². The molecule has 3 amide bonds. The van der Waals surface area contributed by atoms with Gasteiger partial charge in [-0.15, -0.1) is 13.2 Å². The maximum Gasteiger partial charge on any atom is 0.312 e. The number of nitrogens with one attached hydrogen (secondary N) is 1. The summed E-state index contributed by atoms with van der Waals surface area (Å²) in [6, 6.07) is 17.3. The maximum atomic E-state index is 14.7. The predicted molar refractivity (Wildman–Crippen MR) is 176 cm³/mol. The van der Waals surface area contributed by atoms with Gasteiger partial charge in [0.1, 0.15) is 17.7 Å². The molecule has 250 valence electrons. The summed E-state index contributed by atoms with van der Waals surface area (Å²) in [5.74, 6) is -3.36. The summed E-state index contributed by atoms with van der Waals surface area (Å²) in [6.45, 7) is 9.45. The lowest BCUT2D eigenvalue weighted by Gasteiger charge is -2.39. The summed E-state index contributed by atoms with van der Waals surface area (Å²) in [5.41, 5.74) is 0.557. The van der Waals surface area contributed by atoms with Crippen LogP contribution in [0.5, 0.6) is 0 Å². The van der Waals surface area contributed by atoms with E-state index in [9.17, 15) is 24.3 Å². The number of amides is 3. The van der Waals surface area contributed by atoms with Gasteiger partial charge in [-0.25, -0.2) is 0 Å². The summed E-state index contributed by atoms with van der Waals surface area (Å²) >= 11 is 0. The molecule has 10 heteroatoms. The first kappa shape index (κ1) is 34.1. The van der Waals surface area contributed by atoms with Gasteiger partial charge < -0.3 is 29.7 Å². The minimum absolute atomic E-state index is 0.122. The Hall–Kier alpha value is -4.28. The number of aliphatic hydroxyl groups is 1. The highest BCUT2D eigenvalue weighted by Gasteiger charge is 2.75. The Labute approximate surface area is 276 Å². The van der Waals surface area contributed by atoms with Gasteiger partial charge >= 0.3 is 5.97 Å². The number of carbonyl (C=O) groups excluding carboxylic acids is 4. The van der Waals surface area contributed by atoms with E-state index in [0.717, 1.165) is 11.1 Å². The van der Waals surface area contributed by atoms with Gasteiger partial charge in [-0.2, -0.15) is 0 Å². The number of likely N-dealkylation sites (tertiary alicyclic amines) is 1. The molecule has 10 nitrogen and oxygen atoms in total. The Morgan fingerprint density at radius 3 is 2.43 bits per heavy atom. The second kappa shape index (κ2) is 15.1. The number of rotatable bonds is 16. The molecule has 5 rings (SSSR count). The van der Waals surface area contributed by atoms with Crippen molar-refractivity contribution in [3.8, 4) is 0 Å². The van der Waals surface area contributed by atoms with Gasteiger partial charge in [0.05, 0.1) is 37.1 Å². The number of ether oxygens (including phenoxy) is 2. The molecule has 0 saturated carbocycles. The zero-order chi connectivity index (χ0) is 33.6. The minimum Gasteiger partial charge on any atom is -0.460 e. The number of benzene rings is 2. The number of hydrogen-bond acceptors (Lipinski definition) is 7. The summed E-state index contributed by atoms with van der Waals surface area (Å²) in [4.78, 5) is 58.4. The number of carbonyl (C=O) groups is 4. The highest BCUT2D eigenvalue weighted by Crippen LogP contribution is 2.59. The average molecular weight is 644 g/mol. The first-order valence-corrected chi connectivity index (χ1v) is 16.4. The molecule has 3 saturated heterocycles. The van der Waals surface area contributed by atoms with Crippen molar-refractivity contribution in [1.82, 2.24) is 15.1 Å². The molecule has 0 radical (unpaired) electrons. The zero-order valence-corrected chi connectivity index (χ0v) is 27.0. The summed E-state index contributed by atoms with van der Waals surface area (Å²) in [5, 5.41) is 13.5.